The highest BCUT2D eigenvalue weighted by molar-refractivity contribution is 5.30. The molecule has 0 aliphatic heterocycles. The van der Waals surface area contributed by atoms with Gasteiger partial charge in [0.2, 0.25) is 0 Å². The van der Waals surface area contributed by atoms with Crippen LogP contribution in [0.4, 0.5) is 11.6 Å². The average molecular weight is 126 g/mol. The van der Waals surface area contributed by atoms with Crippen LogP contribution in [-0.2, 0) is 0 Å². The molecule has 1 rings (SSSR count). The number of anilines is 2. The highest BCUT2D eigenvalue weighted by Crippen LogP contribution is 1.93. The van der Waals surface area contributed by atoms with Crippen LogP contribution in [0.5, 0.6) is 0 Å². The number of nitrogens with two attached hydrogens (primary N) is 2. The van der Waals surface area contributed by atoms with E-state index in [-0.39, 0.29) is 16.5 Å². The average Bonchev–Trinajstić information content (AvgIpc) is 1.80. The van der Waals surface area contributed by atoms with E-state index in [0.717, 1.165) is 0 Å². The van der Waals surface area contributed by atoms with Gasteiger partial charge in [-0.05, 0) is 6.07 Å². The van der Waals surface area contributed by atoms with Crippen LogP contribution >= 0.6 is 0 Å². The van der Waals surface area contributed by atoms with Crippen molar-refractivity contribution < 1.29 is 4.85 Å². The molecule has 1 heterocycles. The monoisotopic (exact) mass is 126 g/mol. The quantitative estimate of drug-likeness (QED) is 0.340. The second-order valence-corrected chi connectivity index (χ2v) is 1.56. The molecule has 0 fully saturated rings. The maximum atomic E-state index is 10.4. The van der Waals surface area contributed by atoms with E-state index in [1.807, 2.05) is 0 Å². The largest absolute Gasteiger partial charge is 0.691 e. The summed E-state index contributed by atoms with van der Waals surface area (Å²) in [6.07, 6.45) is 0. The van der Waals surface area contributed by atoms with Gasteiger partial charge in [0.15, 0.2) is 5.82 Å². The van der Waals surface area contributed by atoms with Crippen molar-refractivity contribution in [3.63, 3.8) is 0 Å². The van der Waals surface area contributed by atoms with Crippen LogP contribution in [-0.4, -0.2) is 5.10 Å². The summed E-state index contributed by atoms with van der Waals surface area (Å²) in [5, 5.41) is 13.7. The number of rotatable bonds is 0. The first-order valence-corrected chi connectivity index (χ1v) is 2.32. The lowest BCUT2D eigenvalue weighted by atomic mass is 10.5. The molecule has 0 radical (unpaired) electrons. The van der Waals surface area contributed by atoms with Gasteiger partial charge in [0.1, 0.15) is 0 Å². The zero-order valence-corrected chi connectivity index (χ0v) is 4.61. The third-order valence-corrected chi connectivity index (χ3v) is 0.852. The Morgan fingerprint density at radius 2 is 2.11 bits per heavy atom. The van der Waals surface area contributed by atoms with E-state index in [0.29, 0.717) is 0 Å². The SMILES string of the molecule is Nc1ccc(N)[n+]([O-])n1. The first-order chi connectivity index (χ1) is 4.20. The summed E-state index contributed by atoms with van der Waals surface area (Å²) in [6, 6.07) is 2.86. The topological polar surface area (TPSA) is 91.9 Å². The molecule has 5 nitrogen and oxygen atoms in total. The van der Waals surface area contributed by atoms with Crippen molar-refractivity contribution >= 4 is 11.6 Å². The number of hydrogen-bond donors (Lipinski definition) is 2. The van der Waals surface area contributed by atoms with Crippen molar-refractivity contribution in [2.45, 2.75) is 0 Å². The fraction of sp³-hybridized carbons (Fsp3) is 0. The van der Waals surface area contributed by atoms with E-state index >= 15 is 0 Å². The minimum Gasteiger partial charge on any atom is -0.691 e. The van der Waals surface area contributed by atoms with E-state index < -0.39 is 0 Å². The first kappa shape index (κ1) is 5.61. The predicted octanol–water partition coefficient (Wildman–Crippen LogP) is -1.12. The van der Waals surface area contributed by atoms with Gasteiger partial charge in [-0.2, -0.15) is 0 Å². The molecule has 0 saturated heterocycles. The van der Waals surface area contributed by atoms with Crippen LogP contribution in [0.2, 0.25) is 0 Å². The summed E-state index contributed by atoms with van der Waals surface area (Å²) >= 11 is 0. The summed E-state index contributed by atoms with van der Waals surface area (Å²) < 4.78 is 0. The van der Waals surface area contributed by atoms with Crippen molar-refractivity contribution in [2.24, 2.45) is 0 Å². The lowest BCUT2D eigenvalue weighted by Crippen LogP contribution is -2.35. The maximum absolute atomic E-state index is 10.4. The van der Waals surface area contributed by atoms with Gasteiger partial charge >= 0.3 is 0 Å². The molecule has 0 amide bonds. The molecular formula is C4H6N4O. The lowest BCUT2D eigenvalue weighted by molar-refractivity contribution is -0.653. The highest BCUT2D eigenvalue weighted by atomic mass is 16.5. The molecule has 0 bridgehead atoms. The summed E-state index contributed by atoms with van der Waals surface area (Å²) in [5.74, 6) is 0.211. The van der Waals surface area contributed by atoms with Gasteiger partial charge in [-0.3, -0.25) is 5.73 Å². The minimum absolute atomic E-state index is 0.0456. The summed E-state index contributed by atoms with van der Waals surface area (Å²) in [7, 11) is 0. The van der Waals surface area contributed by atoms with E-state index in [4.69, 9.17) is 11.5 Å². The fourth-order valence-corrected chi connectivity index (χ4v) is 0.430. The summed E-state index contributed by atoms with van der Waals surface area (Å²) in [4.78, 5) is 0.273. The van der Waals surface area contributed by atoms with Crippen LogP contribution in [0.25, 0.3) is 0 Å². The third-order valence-electron chi connectivity index (χ3n) is 0.852. The molecule has 0 aliphatic carbocycles. The molecule has 5 heteroatoms. The van der Waals surface area contributed by atoms with Gasteiger partial charge in [-0.1, -0.05) is 5.10 Å². The Bertz CT molecular complexity index is 224. The van der Waals surface area contributed by atoms with E-state index in [1.54, 1.807) is 0 Å². The Morgan fingerprint density at radius 1 is 1.44 bits per heavy atom. The molecule has 0 aromatic carbocycles. The van der Waals surface area contributed by atoms with Crippen molar-refractivity contribution in [1.82, 2.24) is 5.10 Å². The molecule has 9 heavy (non-hydrogen) atoms. The van der Waals surface area contributed by atoms with Crippen molar-refractivity contribution in [3.05, 3.63) is 17.3 Å². The van der Waals surface area contributed by atoms with Gasteiger partial charge in [0.25, 0.3) is 5.82 Å². The lowest BCUT2D eigenvalue weighted by Gasteiger charge is -2.00. The second-order valence-electron chi connectivity index (χ2n) is 1.56. The minimum atomic E-state index is 0.0456. The Balaban J connectivity index is 3.17. The molecular weight excluding hydrogens is 120 g/mol. The van der Waals surface area contributed by atoms with Gasteiger partial charge < -0.3 is 10.9 Å². The smallest absolute Gasteiger partial charge is 0.296 e. The molecule has 0 atom stereocenters. The first-order valence-electron chi connectivity index (χ1n) is 2.32. The van der Waals surface area contributed by atoms with Gasteiger partial charge in [0, 0.05) is 6.07 Å². The summed E-state index contributed by atoms with van der Waals surface area (Å²) in [5.41, 5.74) is 10.3. The second kappa shape index (κ2) is 1.77. The van der Waals surface area contributed by atoms with E-state index in [2.05, 4.69) is 5.10 Å². The van der Waals surface area contributed by atoms with Gasteiger partial charge in [0.05, 0.1) is 0 Å². The Kier molecular flexibility index (Phi) is 1.11. The van der Waals surface area contributed by atoms with E-state index in [1.165, 1.54) is 12.1 Å². The third kappa shape index (κ3) is 0.987. The fourth-order valence-electron chi connectivity index (χ4n) is 0.430. The van der Waals surface area contributed by atoms with Crippen LogP contribution < -0.4 is 16.3 Å². The van der Waals surface area contributed by atoms with Gasteiger partial charge in [-0.15, -0.1) is 4.85 Å². The molecule has 0 saturated carbocycles. The summed E-state index contributed by atoms with van der Waals surface area (Å²) in [6.45, 7) is 0. The number of nitrogen functional groups attached to an aromatic ring is 2. The standard InChI is InChI=1S/C4H6N4O/c5-3-1-2-4(6)8(9)7-3/h1-2H,6H2,(H2,5,7). The highest BCUT2D eigenvalue weighted by Gasteiger charge is 1.95. The molecule has 1 aromatic heterocycles. The maximum Gasteiger partial charge on any atom is 0.296 e. The predicted molar refractivity (Wildman–Crippen MR) is 32.0 cm³/mol. The molecule has 48 valence electrons. The van der Waals surface area contributed by atoms with Crippen LogP contribution in [0, 0.1) is 5.21 Å². The van der Waals surface area contributed by atoms with Crippen molar-refractivity contribution in [1.29, 1.82) is 0 Å². The molecule has 0 aliphatic rings. The Hall–Kier alpha value is -1.52. The molecule has 0 spiro atoms. The Morgan fingerprint density at radius 3 is 2.56 bits per heavy atom. The molecule has 0 unspecified atom stereocenters. The van der Waals surface area contributed by atoms with Crippen LogP contribution in [0.3, 0.4) is 0 Å². The van der Waals surface area contributed by atoms with Crippen LogP contribution in [0.1, 0.15) is 0 Å². The van der Waals surface area contributed by atoms with Crippen LogP contribution in [0.15, 0.2) is 12.1 Å². The van der Waals surface area contributed by atoms with Crippen molar-refractivity contribution in [3.8, 4) is 0 Å². The molecule has 4 N–H and O–H groups in total. The van der Waals surface area contributed by atoms with Crippen molar-refractivity contribution in [2.75, 3.05) is 11.5 Å². The zero-order valence-electron chi connectivity index (χ0n) is 4.61. The van der Waals surface area contributed by atoms with E-state index in [9.17, 15) is 5.21 Å². The number of nitrogens with zero attached hydrogens (tertiary/aromatic N) is 2. The zero-order chi connectivity index (χ0) is 6.85. The Labute approximate surface area is 51.5 Å². The normalized spacial score (nSPS) is 9.33. The molecule has 1 aromatic rings. The number of aromatic nitrogens is 2. The van der Waals surface area contributed by atoms with Gasteiger partial charge in [-0.25, -0.2) is 0 Å². The number of hydrogen-bond acceptors (Lipinski definition) is 4.